The van der Waals surface area contributed by atoms with E-state index in [2.05, 4.69) is 10.2 Å². The first kappa shape index (κ1) is 16.7. The van der Waals surface area contributed by atoms with Gasteiger partial charge in [-0.2, -0.15) is 0 Å². The van der Waals surface area contributed by atoms with E-state index in [1.807, 2.05) is 7.05 Å². The zero-order valence-corrected chi connectivity index (χ0v) is 13.2. The smallest absolute Gasteiger partial charge is 0.293 e. The monoisotopic (exact) mass is 328 g/mol. The van der Waals surface area contributed by atoms with Crippen LogP contribution in [-0.4, -0.2) is 44.9 Å². The van der Waals surface area contributed by atoms with E-state index >= 15 is 0 Å². The van der Waals surface area contributed by atoms with E-state index in [0.717, 1.165) is 25.9 Å². The number of anilines is 1. The molecule has 1 saturated heterocycles. The third kappa shape index (κ3) is 3.93. The largest absolute Gasteiger partial charge is 0.378 e. The molecule has 8 nitrogen and oxygen atoms in total. The van der Waals surface area contributed by atoms with Crippen LogP contribution in [0.1, 0.15) is 12.8 Å². The average molecular weight is 328 g/mol. The number of piperidine rings is 1. The standard InChI is InChI=1S/C13H20N4O4S/c1-16-7-5-10(6-8-16)9-15-13-11(17(18)19)3-2-4-12(13)22(14,20)21/h2-4,10,15H,5-9H2,1H3,(H2,14,20,21). The molecule has 1 aliphatic rings. The molecular weight excluding hydrogens is 308 g/mol. The fraction of sp³-hybridized carbons (Fsp3) is 0.538. The lowest BCUT2D eigenvalue weighted by molar-refractivity contribution is -0.384. The van der Waals surface area contributed by atoms with Crippen molar-refractivity contribution in [3.05, 3.63) is 28.3 Å². The second kappa shape index (κ2) is 6.59. The molecule has 0 aromatic heterocycles. The minimum Gasteiger partial charge on any atom is -0.378 e. The Hall–Kier alpha value is -1.71. The van der Waals surface area contributed by atoms with Gasteiger partial charge in [-0.25, -0.2) is 13.6 Å². The first-order valence-corrected chi connectivity index (χ1v) is 8.56. The van der Waals surface area contributed by atoms with Gasteiger partial charge in [-0.3, -0.25) is 10.1 Å². The third-order valence-electron chi connectivity index (χ3n) is 3.91. The van der Waals surface area contributed by atoms with Crippen molar-refractivity contribution < 1.29 is 13.3 Å². The van der Waals surface area contributed by atoms with Crippen molar-refractivity contribution in [1.82, 2.24) is 4.90 Å². The van der Waals surface area contributed by atoms with Crippen molar-refractivity contribution in [2.45, 2.75) is 17.7 Å². The highest BCUT2D eigenvalue weighted by molar-refractivity contribution is 7.89. The lowest BCUT2D eigenvalue weighted by Gasteiger charge is -2.29. The zero-order valence-electron chi connectivity index (χ0n) is 12.4. The van der Waals surface area contributed by atoms with Crippen molar-refractivity contribution in [3.63, 3.8) is 0 Å². The lowest BCUT2D eigenvalue weighted by Crippen LogP contribution is -2.33. The molecule has 2 rings (SSSR count). The van der Waals surface area contributed by atoms with Crippen molar-refractivity contribution in [2.24, 2.45) is 11.1 Å². The topological polar surface area (TPSA) is 119 Å². The summed E-state index contributed by atoms with van der Waals surface area (Å²) in [7, 11) is -1.98. The predicted molar refractivity (Wildman–Crippen MR) is 83.2 cm³/mol. The van der Waals surface area contributed by atoms with Crippen molar-refractivity contribution >= 4 is 21.4 Å². The predicted octanol–water partition coefficient (Wildman–Crippen LogP) is 0.996. The molecule has 1 aromatic rings. The lowest BCUT2D eigenvalue weighted by atomic mass is 9.97. The second-order valence-electron chi connectivity index (χ2n) is 5.58. The number of hydrogen-bond donors (Lipinski definition) is 2. The summed E-state index contributed by atoms with van der Waals surface area (Å²) in [5.74, 6) is 0.351. The van der Waals surface area contributed by atoms with Crippen LogP contribution >= 0.6 is 0 Å². The van der Waals surface area contributed by atoms with Crippen LogP contribution in [-0.2, 0) is 10.0 Å². The van der Waals surface area contributed by atoms with Crippen LogP contribution in [0.25, 0.3) is 0 Å². The number of nitrogens with zero attached hydrogens (tertiary/aromatic N) is 2. The van der Waals surface area contributed by atoms with E-state index in [1.165, 1.54) is 18.2 Å². The number of para-hydroxylation sites is 1. The third-order valence-corrected chi connectivity index (χ3v) is 4.87. The van der Waals surface area contributed by atoms with Gasteiger partial charge in [0.05, 0.1) is 4.92 Å². The molecule has 0 saturated carbocycles. The molecule has 122 valence electrons. The summed E-state index contributed by atoms with van der Waals surface area (Å²) >= 11 is 0. The summed E-state index contributed by atoms with van der Waals surface area (Å²) in [6, 6.07) is 3.86. The van der Waals surface area contributed by atoms with Crippen molar-refractivity contribution in [3.8, 4) is 0 Å². The Kier molecular flexibility index (Phi) is 4.99. The van der Waals surface area contributed by atoms with Crippen LogP contribution < -0.4 is 10.5 Å². The Morgan fingerprint density at radius 3 is 2.59 bits per heavy atom. The van der Waals surface area contributed by atoms with Gasteiger partial charge in [-0.05, 0) is 45.0 Å². The number of sulfonamides is 1. The van der Waals surface area contributed by atoms with Gasteiger partial charge < -0.3 is 10.2 Å². The van der Waals surface area contributed by atoms with E-state index in [9.17, 15) is 18.5 Å². The first-order valence-electron chi connectivity index (χ1n) is 7.01. The SMILES string of the molecule is CN1CCC(CNc2c([N+](=O)[O-])cccc2S(N)(=O)=O)CC1. The van der Waals surface area contributed by atoms with Gasteiger partial charge >= 0.3 is 0 Å². The Labute approximate surface area is 129 Å². The first-order chi connectivity index (χ1) is 10.3. The van der Waals surface area contributed by atoms with E-state index < -0.39 is 14.9 Å². The quantitative estimate of drug-likeness (QED) is 0.615. The number of nitrogens with one attached hydrogen (secondary N) is 1. The maximum Gasteiger partial charge on any atom is 0.293 e. The number of primary sulfonamides is 1. The number of nitro groups is 1. The number of benzene rings is 1. The second-order valence-corrected chi connectivity index (χ2v) is 7.11. The molecule has 0 radical (unpaired) electrons. The summed E-state index contributed by atoms with van der Waals surface area (Å²) < 4.78 is 23.3. The maximum atomic E-state index is 11.6. The fourth-order valence-electron chi connectivity index (χ4n) is 2.60. The number of nitrogens with two attached hydrogens (primary N) is 1. The molecular formula is C13H20N4O4S. The van der Waals surface area contributed by atoms with Crippen LogP contribution in [0.4, 0.5) is 11.4 Å². The molecule has 3 N–H and O–H groups in total. The molecule has 22 heavy (non-hydrogen) atoms. The Morgan fingerprint density at radius 1 is 1.41 bits per heavy atom. The van der Waals surface area contributed by atoms with Gasteiger partial charge in [0, 0.05) is 12.6 Å². The zero-order chi connectivity index (χ0) is 16.3. The molecule has 9 heteroatoms. The fourth-order valence-corrected chi connectivity index (χ4v) is 3.33. The molecule has 1 heterocycles. The van der Waals surface area contributed by atoms with E-state index in [4.69, 9.17) is 5.14 Å². The van der Waals surface area contributed by atoms with Crippen LogP contribution in [0.15, 0.2) is 23.1 Å². The minimum atomic E-state index is -4.03. The van der Waals surface area contributed by atoms with Crippen molar-refractivity contribution in [1.29, 1.82) is 0 Å². The Morgan fingerprint density at radius 2 is 2.05 bits per heavy atom. The highest BCUT2D eigenvalue weighted by Crippen LogP contribution is 2.31. The molecule has 0 bridgehead atoms. The summed E-state index contributed by atoms with van der Waals surface area (Å²) in [4.78, 5) is 12.5. The minimum absolute atomic E-state index is 0.0195. The van der Waals surface area contributed by atoms with Gasteiger partial charge in [-0.15, -0.1) is 0 Å². The Balaban J connectivity index is 2.23. The number of nitro benzene ring substituents is 1. The molecule has 1 fully saturated rings. The molecule has 0 spiro atoms. The van der Waals surface area contributed by atoms with Crippen molar-refractivity contribution in [2.75, 3.05) is 32.0 Å². The molecule has 0 atom stereocenters. The number of likely N-dealkylation sites (tertiary alicyclic amines) is 1. The number of hydrogen-bond acceptors (Lipinski definition) is 6. The van der Waals surface area contributed by atoms with Crippen LogP contribution in [0, 0.1) is 16.0 Å². The van der Waals surface area contributed by atoms with Gasteiger partial charge in [0.1, 0.15) is 10.6 Å². The Bertz CT molecular complexity index is 654. The van der Waals surface area contributed by atoms with Gasteiger partial charge in [0.2, 0.25) is 10.0 Å². The summed E-state index contributed by atoms with van der Waals surface area (Å²) in [6.45, 7) is 2.41. The summed E-state index contributed by atoms with van der Waals surface area (Å²) in [5, 5.41) is 19.2. The average Bonchev–Trinajstić information content (AvgIpc) is 2.45. The van der Waals surface area contributed by atoms with Gasteiger partial charge in [0.25, 0.3) is 5.69 Å². The molecule has 0 unspecified atom stereocenters. The normalized spacial score (nSPS) is 17.4. The van der Waals surface area contributed by atoms with E-state index in [1.54, 1.807) is 0 Å². The molecule has 1 aliphatic heterocycles. The number of rotatable bonds is 5. The van der Waals surface area contributed by atoms with E-state index in [0.29, 0.717) is 12.5 Å². The van der Waals surface area contributed by atoms with Gasteiger partial charge in [0.15, 0.2) is 0 Å². The van der Waals surface area contributed by atoms with Gasteiger partial charge in [-0.1, -0.05) is 6.07 Å². The molecule has 1 aromatic carbocycles. The highest BCUT2D eigenvalue weighted by Gasteiger charge is 2.25. The summed E-state index contributed by atoms with van der Waals surface area (Å²) in [5.41, 5.74) is -0.298. The van der Waals surface area contributed by atoms with Crippen LogP contribution in [0.2, 0.25) is 0 Å². The molecule has 0 aliphatic carbocycles. The van der Waals surface area contributed by atoms with Crippen LogP contribution in [0.5, 0.6) is 0 Å². The van der Waals surface area contributed by atoms with E-state index in [-0.39, 0.29) is 16.3 Å². The van der Waals surface area contributed by atoms with Crippen LogP contribution in [0.3, 0.4) is 0 Å². The molecule has 0 amide bonds. The summed E-state index contributed by atoms with van der Waals surface area (Å²) in [6.07, 6.45) is 1.93. The highest BCUT2D eigenvalue weighted by atomic mass is 32.2. The maximum absolute atomic E-state index is 11.6.